The number of piperidine rings is 1. The van der Waals surface area contributed by atoms with E-state index in [-0.39, 0.29) is 24.2 Å². The first-order chi connectivity index (χ1) is 23.2. The van der Waals surface area contributed by atoms with E-state index >= 15 is 8.78 Å². The van der Waals surface area contributed by atoms with Gasteiger partial charge in [-0.2, -0.15) is 4.98 Å². The zero-order chi connectivity index (χ0) is 33.8. The van der Waals surface area contributed by atoms with Gasteiger partial charge in [-0.3, -0.25) is 4.79 Å². The largest absolute Gasteiger partial charge is 0.353 e. The van der Waals surface area contributed by atoms with Crippen molar-refractivity contribution in [2.75, 3.05) is 55.8 Å². The van der Waals surface area contributed by atoms with Crippen molar-refractivity contribution in [3.05, 3.63) is 89.0 Å². The molecule has 0 bridgehead atoms. The first-order valence-corrected chi connectivity index (χ1v) is 16.7. The first-order valence-electron chi connectivity index (χ1n) is 15.9. The van der Waals surface area contributed by atoms with Crippen LogP contribution in [-0.2, 0) is 6.54 Å². The van der Waals surface area contributed by atoms with Crippen molar-refractivity contribution in [2.45, 2.75) is 37.6 Å². The number of hydrogen-bond acceptors (Lipinski definition) is 8. The van der Waals surface area contributed by atoms with Crippen LogP contribution in [0.5, 0.6) is 0 Å². The number of likely N-dealkylation sites (N-methyl/N-ethyl adjacent to an activating group) is 1. The Balaban J connectivity index is 1.33. The van der Waals surface area contributed by atoms with Gasteiger partial charge in [0.05, 0.1) is 12.2 Å². The summed E-state index contributed by atoms with van der Waals surface area (Å²) in [6.07, 6.45) is 3.70. The molecule has 3 heterocycles. The molecule has 3 N–H and O–H groups in total. The number of nitrogens with zero attached hydrogens (tertiary/aromatic N) is 5. The van der Waals surface area contributed by atoms with Crippen LogP contribution in [0, 0.1) is 18.6 Å². The van der Waals surface area contributed by atoms with Crippen LogP contribution in [0.1, 0.15) is 40.7 Å². The van der Waals surface area contributed by atoms with E-state index in [1.807, 2.05) is 56.3 Å². The molecule has 13 heteroatoms. The molecule has 1 saturated heterocycles. The van der Waals surface area contributed by atoms with Gasteiger partial charge in [0.15, 0.2) is 5.82 Å². The van der Waals surface area contributed by atoms with E-state index in [0.717, 1.165) is 40.6 Å². The van der Waals surface area contributed by atoms with Crippen molar-refractivity contribution in [3.8, 4) is 11.3 Å². The number of para-hydroxylation sites is 1. The average Bonchev–Trinajstić information content (AvgIpc) is 3.06. The Bertz CT molecular complexity index is 1800. The van der Waals surface area contributed by atoms with Gasteiger partial charge in [0.25, 0.3) is 5.91 Å². The zero-order valence-electron chi connectivity index (χ0n) is 27.1. The van der Waals surface area contributed by atoms with E-state index in [1.54, 1.807) is 24.1 Å². The molecule has 4 aromatic rings. The van der Waals surface area contributed by atoms with Crippen LogP contribution < -0.4 is 20.9 Å². The zero-order valence-corrected chi connectivity index (χ0v) is 28.0. The minimum absolute atomic E-state index is 0.0195. The van der Waals surface area contributed by atoms with Crippen molar-refractivity contribution in [2.24, 2.45) is 0 Å². The maximum atomic E-state index is 15.1. The molecule has 0 aliphatic carbocycles. The Labute approximate surface area is 283 Å². The van der Waals surface area contributed by atoms with Gasteiger partial charge in [0.2, 0.25) is 5.95 Å². The summed E-state index contributed by atoms with van der Waals surface area (Å²) >= 11 is 1.74. The number of aryl methyl sites for hydroxylation is 1. The summed E-state index contributed by atoms with van der Waals surface area (Å²) in [7, 11) is 3.85. The Morgan fingerprint density at radius 2 is 1.73 bits per heavy atom. The summed E-state index contributed by atoms with van der Waals surface area (Å²) in [5, 5.41) is 8.88. The van der Waals surface area contributed by atoms with Crippen LogP contribution in [0.3, 0.4) is 0 Å². The van der Waals surface area contributed by atoms with E-state index in [2.05, 4.69) is 25.2 Å². The SMILES string of the molecule is Cc1ccc(C(=O)Nc2ccc(SN3CCCCC3)cc2)cc1-c1nc(NCCN(C)C)nc2c1CNC(=O)N2c1c(F)cccc1F. The molecule has 0 unspecified atom stereocenters. The van der Waals surface area contributed by atoms with E-state index in [9.17, 15) is 9.59 Å². The monoisotopic (exact) mass is 672 g/mol. The van der Waals surface area contributed by atoms with Crippen LogP contribution in [-0.4, -0.2) is 71.4 Å². The van der Waals surface area contributed by atoms with Gasteiger partial charge in [0.1, 0.15) is 17.3 Å². The second-order valence-electron chi connectivity index (χ2n) is 12.1. The molecule has 10 nitrogen and oxygen atoms in total. The minimum atomic E-state index is -0.909. The fourth-order valence-electron chi connectivity index (χ4n) is 5.69. The number of carbonyl (C=O) groups is 2. The molecule has 0 spiro atoms. The number of nitrogens with one attached hydrogen (secondary N) is 3. The van der Waals surface area contributed by atoms with Crippen LogP contribution in [0.4, 0.5) is 36.7 Å². The van der Waals surface area contributed by atoms with E-state index in [1.165, 1.54) is 25.3 Å². The van der Waals surface area contributed by atoms with E-state index < -0.39 is 23.4 Å². The van der Waals surface area contributed by atoms with Crippen molar-refractivity contribution >= 4 is 47.0 Å². The Kier molecular flexibility index (Phi) is 10.2. The molecule has 0 radical (unpaired) electrons. The number of benzene rings is 3. The number of urea groups is 1. The normalized spacial score (nSPS) is 14.9. The van der Waals surface area contributed by atoms with Crippen LogP contribution in [0.25, 0.3) is 11.3 Å². The van der Waals surface area contributed by atoms with Gasteiger partial charge in [0, 0.05) is 53.5 Å². The Morgan fingerprint density at radius 3 is 2.44 bits per heavy atom. The molecule has 250 valence electrons. The number of hydrogen-bond donors (Lipinski definition) is 3. The van der Waals surface area contributed by atoms with Crippen molar-refractivity contribution in [1.29, 1.82) is 0 Å². The number of carbonyl (C=O) groups excluding carboxylic acids is 2. The van der Waals surface area contributed by atoms with Crippen molar-refractivity contribution < 1.29 is 18.4 Å². The second-order valence-corrected chi connectivity index (χ2v) is 13.3. The van der Waals surface area contributed by atoms with Crippen molar-refractivity contribution in [1.82, 2.24) is 24.5 Å². The molecular formula is C35H38F2N8O2S. The summed E-state index contributed by atoms with van der Waals surface area (Å²) < 4.78 is 32.5. The molecule has 3 aromatic carbocycles. The lowest BCUT2D eigenvalue weighted by molar-refractivity contribution is 0.102. The van der Waals surface area contributed by atoms with Crippen LogP contribution >= 0.6 is 11.9 Å². The maximum absolute atomic E-state index is 15.1. The fourth-order valence-corrected chi connectivity index (χ4v) is 6.69. The molecule has 0 atom stereocenters. The number of aromatic nitrogens is 2. The highest BCUT2D eigenvalue weighted by atomic mass is 32.2. The predicted molar refractivity (Wildman–Crippen MR) is 186 cm³/mol. The summed E-state index contributed by atoms with van der Waals surface area (Å²) in [5.74, 6) is -1.89. The Hall–Kier alpha value is -4.59. The lowest BCUT2D eigenvalue weighted by Gasteiger charge is -2.31. The van der Waals surface area contributed by atoms with Crippen LogP contribution in [0.2, 0.25) is 0 Å². The number of amides is 3. The smallest absolute Gasteiger partial charge is 0.328 e. The summed E-state index contributed by atoms with van der Waals surface area (Å²) in [6, 6.07) is 15.8. The highest BCUT2D eigenvalue weighted by molar-refractivity contribution is 7.97. The molecule has 1 aromatic heterocycles. The first kappa shape index (κ1) is 33.3. The van der Waals surface area contributed by atoms with Gasteiger partial charge in [-0.1, -0.05) is 18.6 Å². The minimum Gasteiger partial charge on any atom is -0.353 e. The highest BCUT2D eigenvalue weighted by Gasteiger charge is 2.34. The molecule has 48 heavy (non-hydrogen) atoms. The lowest BCUT2D eigenvalue weighted by Crippen LogP contribution is -2.43. The average molecular weight is 673 g/mol. The standard InChI is InChI=1S/C35H38F2N8O2S/c1-22-10-11-23(33(46)40-24-12-14-25(15-13-24)48-44-17-5-4-6-18-44)20-26(22)30-27-21-39-35(47)45(31-28(36)8-7-9-29(31)37)32(27)42-34(41-30)38-16-19-43(2)3/h7-15,20H,4-6,16-19,21H2,1-3H3,(H,39,47)(H,40,46)(H,38,41,42). The molecule has 1 fully saturated rings. The summed E-state index contributed by atoms with van der Waals surface area (Å²) in [5.41, 5.74) is 2.85. The molecule has 0 saturated carbocycles. The van der Waals surface area contributed by atoms with Gasteiger partial charge in [-0.05, 0) is 99.9 Å². The van der Waals surface area contributed by atoms with Gasteiger partial charge < -0.3 is 20.9 Å². The number of anilines is 4. The molecule has 3 amide bonds. The summed E-state index contributed by atoms with van der Waals surface area (Å²) in [4.78, 5) is 40.1. The number of rotatable bonds is 10. The van der Waals surface area contributed by atoms with Crippen molar-refractivity contribution in [3.63, 3.8) is 0 Å². The molecule has 2 aliphatic rings. The van der Waals surface area contributed by atoms with Gasteiger partial charge in [-0.25, -0.2) is 27.8 Å². The topological polar surface area (TPSA) is 106 Å². The second kappa shape index (κ2) is 14.7. The third-order valence-corrected chi connectivity index (χ3v) is 9.34. The third kappa shape index (κ3) is 7.43. The Morgan fingerprint density at radius 1 is 1.00 bits per heavy atom. The predicted octanol–water partition coefficient (Wildman–Crippen LogP) is 6.81. The van der Waals surface area contributed by atoms with E-state index in [4.69, 9.17) is 4.98 Å². The molecule has 2 aliphatic heterocycles. The van der Waals surface area contributed by atoms with Gasteiger partial charge in [-0.15, -0.1) is 0 Å². The maximum Gasteiger partial charge on any atom is 0.328 e. The molecular weight excluding hydrogens is 635 g/mol. The quantitative estimate of drug-likeness (QED) is 0.158. The lowest BCUT2D eigenvalue weighted by atomic mass is 9.97. The number of fused-ring (bicyclic) bond motifs is 1. The summed E-state index contributed by atoms with van der Waals surface area (Å²) in [6.45, 7) is 5.20. The molecule has 6 rings (SSSR count). The van der Waals surface area contributed by atoms with Gasteiger partial charge >= 0.3 is 6.03 Å². The third-order valence-electron chi connectivity index (χ3n) is 8.24. The number of halogens is 2. The van der Waals surface area contributed by atoms with Crippen LogP contribution in [0.15, 0.2) is 65.6 Å². The highest BCUT2D eigenvalue weighted by Crippen LogP contribution is 2.39. The fraction of sp³-hybridized carbons (Fsp3) is 0.314. The van der Waals surface area contributed by atoms with E-state index in [0.29, 0.717) is 41.2 Å².